The van der Waals surface area contributed by atoms with Crippen molar-refractivity contribution in [2.75, 3.05) is 0 Å². The molecule has 1 aromatic rings. The summed E-state index contributed by atoms with van der Waals surface area (Å²) in [4.78, 5) is 14.6. The first-order valence-corrected chi connectivity index (χ1v) is 7.34. The molecular formula is C15H19F3N2O. The molecule has 2 bridgehead atoms. The number of aryl methyl sites for hydroxylation is 1. The molecule has 2 aliphatic rings. The van der Waals surface area contributed by atoms with Crippen LogP contribution in [0, 0.1) is 13.8 Å². The van der Waals surface area contributed by atoms with Crippen molar-refractivity contribution in [2.45, 2.75) is 64.3 Å². The number of fused-ring (bicyclic) bond motifs is 2. The van der Waals surface area contributed by atoms with Gasteiger partial charge in [0.05, 0.1) is 5.56 Å². The summed E-state index contributed by atoms with van der Waals surface area (Å²) in [7, 11) is 0. The van der Waals surface area contributed by atoms with E-state index >= 15 is 0 Å². The summed E-state index contributed by atoms with van der Waals surface area (Å²) in [5.74, 6) is -0.0958. The maximum atomic E-state index is 12.7. The standard InChI is InChI=1S/C15H19F3N2O/c1-9-7-13(10(2)19(9)8-15(16,17)18)14(21)20-11-3-4-12(20)6-5-11/h7,11-12H,3-6,8H2,1-2H3. The lowest BCUT2D eigenvalue weighted by Gasteiger charge is -2.22. The Kier molecular flexibility index (Phi) is 3.30. The molecule has 3 rings (SSSR count). The zero-order valence-corrected chi connectivity index (χ0v) is 12.2. The van der Waals surface area contributed by atoms with Gasteiger partial charge in [-0.2, -0.15) is 13.2 Å². The lowest BCUT2D eigenvalue weighted by Crippen LogP contribution is -2.35. The number of amides is 1. The number of nitrogens with zero attached hydrogens (tertiary/aromatic N) is 2. The van der Waals surface area contributed by atoms with E-state index in [2.05, 4.69) is 0 Å². The fraction of sp³-hybridized carbons (Fsp3) is 0.667. The van der Waals surface area contributed by atoms with Crippen LogP contribution in [0.5, 0.6) is 0 Å². The molecule has 2 saturated heterocycles. The van der Waals surface area contributed by atoms with Gasteiger partial charge < -0.3 is 9.47 Å². The van der Waals surface area contributed by atoms with Crippen molar-refractivity contribution in [1.82, 2.24) is 9.47 Å². The quantitative estimate of drug-likeness (QED) is 0.821. The Morgan fingerprint density at radius 2 is 1.71 bits per heavy atom. The summed E-state index contributed by atoms with van der Waals surface area (Å²) < 4.78 is 39.1. The molecule has 2 fully saturated rings. The second-order valence-electron chi connectivity index (χ2n) is 6.16. The average molecular weight is 300 g/mol. The Balaban J connectivity index is 1.89. The minimum absolute atomic E-state index is 0.0958. The molecule has 0 spiro atoms. The third-order valence-electron chi connectivity index (χ3n) is 4.83. The maximum absolute atomic E-state index is 12.7. The number of alkyl halides is 3. The summed E-state index contributed by atoms with van der Waals surface area (Å²) in [6.07, 6.45) is -0.174. The number of aromatic nitrogens is 1. The van der Waals surface area contributed by atoms with Crippen LogP contribution in [0.25, 0.3) is 0 Å². The van der Waals surface area contributed by atoms with Crippen LogP contribution >= 0.6 is 0 Å². The smallest absolute Gasteiger partial charge is 0.339 e. The molecule has 116 valence electrons. The van der Waals surface area contributed by atoms with Gasteiger partial charge in [-0.25, -0.2) is 0 Å². The Bertz CT molecular complexity index is 556. The highest BCUT2D eigenvalue weighted by Gasteiger charge is 2.43. The predicted octanol–water partition coefficient (Wildman–Crippen LogP) is 3.43. The average Bonchev–Trinajstić information content (AvgIpc) is 3.05. The monoisotopic (exact) mass is 300 g/mol. The molecule has 0 saturated carbocycles. The highest BCUT2D eigenvalue weighted by atomic mass is 19.4. The normalized spacial score (nSPS) is 24.9. The van der Waals surface area contributed by atoms with Crippen LogP contribution in [-0.2, 0) is 6.54 Å². The van der Waals surface area contributed by atoms with Crippen LogP contribution < -0.4 is 0 Å². The first-order chi connectivity index (χ1) is 9.78. The molecule has 0 radical (unpaired) electrons. The largest absolute Gasteiger partial charge is 0.406 e. The summed E-state index contributed by atoms with van der Waals surface area (Å²) in [5.41, 5.74) is 1.33. The van der Waals surface area contributed by atoms with E-state index in [0.29, 0.717) is 17.0 Å². The number of hydrogen-bond acceptors (Lipinski definition) is 1. The Hall–Kier alpha value is -1.46. The Morgan fingerprint density at radius 3 is 2.19 bits per heavy atom. The number of carbonyl (C=O) groups is 1. The molecule has 21 heavy (non-hydrogen) atoms. The SMILES string of the molecule is Cc1cc(C(=O)N2C3CCC2CC3)c(C)n1CC(F)(F)F. The van der Waals surface area contributed by atoms with Crippen molar-refractivity contribution in [3.63, 3.8) is 0 Å². The van der Waals surface area contributed by atoms with E-state index in [-0.39, 0.29) is 18.0 Å². The summed E-state index contributed by atoms with van der Waals surface area (Å²) in [5, 5.41) is 0. The van der Waals surface area contributed by atoms with Crippen molar-refractivity contribution >= 4 is 5.91 Å². The van der Waals surface area contributed by atoms with Crippen molar-refractivity contribution in [1.29, 1.82) is 0 Å². The van der Waals surface area contributed by atoms with Gasteiger partial charge in [0.2, 0.25) is 0 Å². The van der Waals surface area contributed by atoms with Crippen LogP contribution in [0.1, 0.15) is 47.4 Å². The fourth-order valence-corrected chi connectivity index (χ4v) is 3.82. The van der Waals surface area contributed by atoms with E-state index in [1.54, 1.807) is 19.9 Å². The van der Waals surface area contributed by atoms with Gasteiger partial charge >= 0.3 is 6.18 Å². The van der Waals surface area contributed by atoms with Crippen molar-refractivity contribution in [3.05, 3.63) is 23.0 Å². The Labute approximate surface area is 121 Å². The van der Waals surface area contributed by atoms with Gasteiger partial charge in [-0.15, -0.1) is 0 Å². The van der Waals surface area contributed by atoms with Gasteiger partial charge in [-0.3, -0.25) is 4.79 Å². The Morgan fingerprint density at radius 1 is 1.19 bits per heavy atom. The van der Waals surface area contributed by atoms with Gasteiger partial charge in [0, 0.05) is 23.5 Å². The van der Waals surface area contributed by atoms with Crippen LogP contribution in [0.3, 0.4) is 0 Å². The van der Waals surface area contributed by atoms with E-state index < -0.39 is 12.7 Å². The van der Waals surface area contributed by atoms with E-state index in [1.165, 1.54) is 4.57 Å². The third-order valence-corrected chi connectivity index (χ3v) is 4.83. The maximum Gasteiger partial charge on any atom is 0.406 e. The van der Waals surface area contributed by atoms with Gasteiger partial charge in [0.15, 0.2) is 0 Å². The second-order valence-corrected chi connectivity index (χ2v) is 6.16. The van der Waals surface area contributed by atoms with E-state index in [4.69, 9.17) is 0 Å². The lowest BCUT2D eigenvalue weighted by atomic mass is 10.0. The van der Waals surface area contributed by atoms with Gasteiger partial charge in [0.25, 0.3) is 5.91 Å². The van der Waals surface area contributed by atoms with Crippen LogP contribution in [0.4, 0.5) is 13.2 Å². The van der Waals surface area contributed by atoms with Crippen LogP contribution in [0.2, 0.25) is 0 Å². The second kappa shape index (κ2) is 4.78. The minimum atomic E-state index is -4.28. The van der Waals surface area contributed by atoms with Crippen molar-refractivity contribution in [2.24, 2.45) is 0 Å². The van der Waals surface area contributed by atoms with Crippen LogP contribution in [0.15, 0.2) is 6.07 Å². The summed E-state index contributed by atoms with van der Waals surface area (Å²) >= 11 is 0. The zero-order chi connectivity index (χ0) is 15.4. The van der Waals surface area contributed by atoms with Gasteiger partial charge in [0.1, 0.15) is 6.54 Å². The predicted molar refractivity (Wildman–Crippen MR) is 72.2 cm³/mol. The number of carbonyl (C=O) groups excluding carboxylic acids is 1. The minimum Gasteiger partial charge on any atom is -0.339 e. The molecule has 0 atom stereocenters. The van der Waals surface area contributed by atoms with Crippen molar-refractivity contribution in [3.8, 4) is 0 Å². The molecule has 6 heteroatoms. The molecular weight excluding hydrogens is 281 g/mol. The van der Waals surface area contributed by atoms with E-state index in [9.17, 15) is 18.0 Å². The molecule has 0 unspecified atom stereocenters. The summed E-state index contributed by atoms with van der Waals surface area (Å²) in [6, 6.07) is 2.17. The number of rotatable bonds is 2. The number of halogens is 3. The molecule has 3 heterocycles. The van der Waals surface area contributed by atoms with Crippen molar-refractivity contribution < 1.29 is 18.0 Å². The van der Waals surface area contributed by atoms with E-state index in [1.807, 2.05) is 4.90 Å². The lowest BCUT2D eigenvalue weighted by molar-refractivity contribution is -0.141. The molecule has 1 aromatic heterocycles. The van der Waals surface area contributed by atoms with Gasteiger partial charge in [-0.1, -0.05) is 0 Å². The van der Waals surface area contributed by atoms with Crippen LogP contribution in [-0.4, -0.2) is 33.6 Å². The summed E-state index contributed by atoms with van der Waals surface area (Å²) in [6.45, 7) is 2.18. The van der Waals surface area contributed by atoms with Gasteiger partial charge in [-0.05, 0) is 45.6 Å². The molecule has 0 aliphatic carbocycles. The molecule has 3 nitrogen and oxygen atoms in total. The zero-order valence-electron chi connectivity index (χ0n) is 12.2. The first-order valence-electron chi connectivity index (χ1n) is 7.34. The number of hydrogen-bond donors (Lipinski definition) is 0. The van der Waals surface area contributed by atoms with E-state index in [0.717, 1.165) is 25.7 Å². The fourth-order valence-electron chi connectivity index (χ4n) is 3.82. The highest BCUT2D eigenvalue weighted by Crippen LogP contribution is 2.39. The molecule has 0 N–H and O–H groups in total. The molecule has 1 amide bonds. The third kappa shape index (κ3) is 2.45. The first kappa shape index (κ1) is 14.5. The molecule has 0 aromatic carbocycles. The highest BCUT2D eigenvalue weighted by molar-refractivity contribution is 5.96. The molecule has 2 aliphatic heterocycles. The topological polar surface area (TPSA) is 25.2 Å².